The quantitative estimate of drug-likeness (QED) is 0.412. The summed E-state index contributed by atoms with van der Waals surface area (Å²) in [5.74, 6) is 2.35. The van der Waals surface area contributed by atoms with Crippen LogP contribution in [0.15, 0.2) is 36.4 Å². The highest BCUT2D eigenvalue weighted by Crippen LogP contribution is 2.41. The van der Waals surface area contributed by atoms with Crippen molar-refractivity contribution in [1.82, 2.24) is 0 Å². The fraction of sp³-hybridized carbons (Fsp3) is 0.379. The first kappa shape index (κ1) is 22.5. The number of phenols is 3. The van der Waals surface area contributed by atoms with E-state index in [2.05, 4.69) is 12.1 Å². The van der Waals surface area contributed by atoms with Gasteiger partial charge in [0.05, 0.1) is 0 Å². The van der Waals surface area contributed by atoms with Gasteiger partial charge in [0, 0.05) is 30.0 Å². The van der Waals surface area contributed by atoms with E-state index in [0.717, 1.165) is 27.8 Å². The number of hydrogen-bond donors (Lipinski definition) is 3. The predicted octanol–water partition coefficient (Wildman–Crippen LogP) is 6.38. The van der Waals surface area contributed by atoms with Crippen molar-refractivity contribution in [2.75, 3.05) is 6.79 Å². The van der Waals surface area contributed by atoms with Gasteiger partial charge in [-0.3, -0.25) is 0 Å². The standard InChI is InChI=1S/C29H32O5/c1-17-10-21(12-22-11-20(8-9-25(22)30)19-6-4-3-5-7-19)18(2)24(29(17)32)13-23-14-27-28(15-26(23)31)34-16-33-27/h8-11,14-15,19,30-32H,3-7,12-13,16H2,1-2H3. The third kappa shape index (κ3) is 4.27. The van der Waals surface area contributed by atoms with Gasteiger partial charge in [0.25, 0.3) is 0 Å². The number of ether oxygens (including phenoxy) is 2. The Labute approximate surface area is 200 Å². The maximum atomic E-state index is 10.9. The van der Waals surface area contributed by atoms with Crippen molar-refractivity contribution in [2.45, 2.75) is 64.7 Å². The molecule has 1 aliphatic carbocycles. The lowest BCUT2D eigenvalue weighted by Gasteiger charge is -2.23. The highest BCUT2D eigenvalue weighted by Gasteiger charge is 2.21. The fourth-order valence-corrected chi connectivity index (χ4v) is 5.39. The number of aryl methyl sites for hydroxylation is 1. The van der Waals surface area contributed by atoms with Crippen molar-refractivity contribution >= 4 is 0 Å². The number of aromatic hydroxyl groups is 3. The lowest BCUT2D eigenvalue weighted by atomic mass is 9.83. The van der Waals surface area contributed by atoms with Crippen LogP contribution in [0.25, 0.3) is 0 Å². The first-order chi connectivity index (χ1) is 16.4. The molecule has 34 heavy (non-hydrogen) atoms. The van der Waals surface area contributed by atoms with Crippen LogP contribution in [-0.4, -0.2) is 22.1 Å². The number of benzene rings is 3. The molecule has 0 spiro atoms. The molecule has 0 amide bonds. The summed E-state index contributed by atoms with van der Waals surface area (Å²) in [6.45, 7) is 4.02. The highest BCUT2D eigenvalue weighted by molar-refractivity contribution is 5.57. The molecule has 5 nitrogen and oxygen atoms in total. The van der Waals surface area contributed by atoms with Crippen LogP contribution < -0.4 is 9.47 Å². The molecule has 3 aromatic carbocycles. The molecule has 0 bridgehead atoms. The van der Waals surface area contributed by atoms with Crippen molar-refractivity contribution in [3.63, 3.8) is 0 Å². The van der Waals surface area contributed by atoms with Crippen LogP contribution >= 0.6 is 0 Å². The molecule has 5 rings (SSSR count). The minimum atomic E-state index is 0.115. The summed E-state index contributed by atoms with van der Waals surface area (Å²) >= 11 is 0. The molecule has 0 atom stereocenters. The second-order valence-corrected chi connectivity index (χ2v) is 9.72. The Kier molecular flexibility index (Phi) is 6.03. The second-order valence-electron chi connectivity index (χ2n) is 9.72. The lowest BCUT2D eigenvalue weighted by molar-refractivity contribution is 0.174. The molecule has 1 saturated carbocycles. The van der Waals surface area contributed by atoms with Crippen molar-refractivity contribution in [3.05, 3.63) is 75.3 Å². The second kappa shape index (κ2) is 9.13. The largest absolute Gasteiger partial charge is 0.508 e. The van der Waals surface area contributed by atoms with E-state index in [0.29, 0.717) is 41.6 Å². The molecule has 0 radical (unpaired) electrons. The molecule has 0 aromatic heterocycles. The monoisotopic (exact) mass is 460 g/mol. The SMILES string of the molecule is Cc1cc(Cc2cc(C3CCCCC3)ccc2O)c(C)c(Cc2cc3c(cc2O)OCO3)c1O. The predicted molar refractivity (Wildman–Crippen MR) is 131 cm³/mol. The van der Waals surface area contributed by atoms with E-state index in [-0.39, 0.29) is 18.3 Å². The Hall–Kier alpha value is -3.34. The molecule has 1 fully saturated rings. The molecule has 1 heterocycles. The fourth-order valence-electron chi connectivity index (χ4n) is 5.39. The Morgan fingerprint density at radius 2 is 1.47 bits per heavy atom. The third-order valence-corrected chi connectivity index (χ3v) is 7.49. The van der Waals surface area contributed by atoms with Gasteiger partial charge >= 0.3 is 0 Å². The first-order valence-electron chi connectivity index (χ1n) is 12.1. The van der Waals surface area contributed by atoms with Gasteiger partial charge in [0.15, 0.2) is 11.5 Å². The van der Waals surface area contributed by atoms with E-state index >= 15 is 0 Å². The Balaban J connectivity index is 1.47. The highest BCUT2D eigenvalue weighted by atomic mass is 16.7. The minimum absolute atomic E-state index is 0.115. The van der Waals surface area contributed by atoms with Gasteiger partial charge in [-0.25, -0.2) is 0 Å². The Bertz CT molecular complexity index is 1220. The van der Waals surface area contributed by atoms with Crippen LogP contribution in [0.3, 0.4) is 0 Å². The third-order valence-electron chi connectivity index (χ3n) is 7.49. The summed E-state index contributed by atoms with van der Waals surface area (Å²) in [7, 11) is 0. The maximum absolute atomic E-state index is 10.9. The average molecular weight is 461 g/mol. The van der Waals surface area contributed by atoms with Crippen LogP contribution in [-0.2, 0) is 12.8 Å². The molecule has 5 heteroatoms. The number of hydrogen-bond acceptors (Lipinski definition) is 5. The molecular formula is C29H32O5. The number of rotatable bonds is 5. The molecule has 1 aliphatic heterocycles. The smallest absolute Gasteiger partial charge is 0.231 e. The van der Waals surface area contributed by atoms with E-state index in [1.165, 1.54) is 37.7 Å². The molecule has 178 valence electrons. The first-order valence-corrected chi connectivity index (χ1v) is 12.1. The van der Waals surface area contributed by atoms with Crippen LogP contribution in [0.4, 0.5) is 0 Å². The van der Waals surface area contributed by atoms with E-state index in [4.69, 9.17) is 9.47 Å². The van der Waals surface area contributed by atoms with Crippen LogP contribution in [0.1, 0.15) is 77.0 Å². The minimum Gasteiger partial charge on any atom is -0.508 e. The summed E-state index contributed by atoms with van der Waals surface area (Å²) < 4.78 is 10.8. The molecule has 3 N–H and O–H groups in total. The molecule has 0 saturated heterocycles. The summed E-state index contributed by atoms with van der Waals surface area (Å²) in [5.41, 5.74) is 6.45. The van der Waals surface area contributed by atoms with Crippen molar-refractivity contribution < 1.29 is 24.8 Å². The van der Waals surface area contributed by atoms with Crippen molar-refractivity contribution in [3.8, 4) is 28.7 Å². The summed E-state index contributed by atoms with van der Waals surface area (Å²) in [5, 5.41) is 32.1. The van der Waals surface area contributed by atoms with Crippen molar-refractivity contribution in [1.29, 1.82) is 0 Å². The van der Waals surface area contributed by atoms with Gasteiger partial charge in [-0.05, 0) is 72.6 Å². The summed E-state index contributed by atoms with van der Waals surface area (Å²) in [6, 6.07) is 11.4. The van der Waals surface area contributed by atoms with Gasteiger partial charge in [-0.1, -0.05) is 37.5 Å². The van der Waals surface area contributed by atoms with Gasteiger partial charge < -0.3 is 24.8 Å². The summed E-state index contributed by atoms with van der Waals surface area (Å²) in [6.07, 6.45) is 7.23. The van der Waals surface area contributed by atoms with E-state index in [9.17, 15) is 15.3 Å². The zero-order chi connectivity index (χ0) is 23.8. The van der Waals surface area contributed by atoms with Crippen LogP contribution in [0.2, 0.25) is 0 Å². The molecule has 0 unspecified atom stereocenters. The maximum Gasteiger partial charge on any atom is 0.231 e. The van der Waals surface area contributed by atoms with Crippen LogP contribution in [0.5, 0.6) is 28.7 Å². The number of phenolic OH excluding ortho intramolecular Hbond substituents is 3. The van der Waals surface area contributed by atoms with Gasteiger partial charge in [-0.15, -0.1) is 0 Å². The normalized spacial score (nSPS) is 15.6. The summed E-state index contributed by atoms with van der Waals surface area (Å²) in [4.78, 5) is 0. The zero-order valence-electron chi connectivity index (χ0n) is 19.9. The Morgan fingerprint density at radius 1 is 0.765 bits per heavy atom. The van der Waals surface area contributed by atoms with Gasteiger partial charge in [0.1, 0.15) is 17.2 Å². The molecule has 2 aliphatic rings. The molecular weight excluding hydrogens is 428 g/mol. The molecule has 3 aromatic rings. The van der Waals surface area contributed by atoms with Crippen LogP contribution in [0, 0.1) is 13.8 Å². The van der Waals surface area contributed by atoms with Crippen molar-refractivity contribution in [2.24, 2.45) is 0 Å². The zero-order valence-corrected chi connectivity index (χ0v) is 19.9. The average Bonchev–Trinajstić information content (AvgIpc) is 3.29. The van der Waals surface area contributed by atoms with Gasteiger partial charge in [-0.2, -0.15) is 0 Å². The van der Waals surface area contributed by atoms with E-state index in [1.807, 2.05) is 26.0 Å². The van der Waals surface area contributed by atoms with E-state index in [1.54, 1.807) is 12.1 Å². The van der Waals surface area contributed by atoms with Gasteiger partial charge in [0.2, 0.25) is 6.79 Å². The number of fused-ring (bicyclic) bond motifs is 1. The Morgan fingerprint density at radius 3 is 2.24 bits per heavy atom. The lowest BCUT2D eigenvalue weighted by Crippen LogP contribution is -2.06. The van der Waals surface area contributed by atoms with E-state index < -0.39 is 0 Å². The topological polar surface area (TPSA) is 79.2 Å².